The zero-order chi connectivity index (χ0) is 14.8. The van der Waals surface area contributed by atoms with Crippen molar-refractivity contribution in [3.63, 3.8) is 0 Å². The molecule has 0 N–H and O–H groups in total. The van der Waals surface area contributed by atoms with Crippen molar-refractivity contribution in [3.05, 3.63) is 58.6 Å². The van der Waals surface area contributed by atoms with Crippen LogP contribution in [-0.2, 0) is 12.6 Å². The maximum Gasteiger partial charge on any atom is 0.416 e. The average molecular weight is 364 g/mol. The maximum atomic E-state index is 12.5. The number of aryl methyl sites for hydroxylation is 1. The lowest BCUT2D eigenvalue weighted by molar-refractivity contribution is -0.137. The van der Waals surface area contributed by atoms with Crippen LogP contribution in [0, 0.1) is 0 Å². The molecule has 0 saturated carbocycles. The van der Waals surface area contributed by atoms with Gasteiger partial charge in [-0.05, 0) is 41.3 Å². The highest BCUT2D eigenvalue weighted by molar-refractivity contribution is 9.09. The Balaban J connectivity index is 2.30. The summed E-state index contributed by atoms with van der Waals surface area (Å²) in [5.74, 6) is 0. The smallest absolute Gasteiger partial charge is 0.166 e. The molecule has 0 fully saturated rings. The third-order valence-corrected chi connectivity index (χ3v) is 3.71. The van der Waals surface area contributed by atoms with E-state index in [0.717, 1.165) is 35.0 Å². The summed E-state index contributed by atoms with van der Waals surface area (Å²) in [5, 5.41) is 1.44. The first-order valence-electron chi connectivity index (χ1n) is 5.94. The quantitative estimate of drug-likeness (QED) is 0.590. The summed E-state index contributed by atoms with van der Waals surface area (Å²) in [7, 11) is 0. The number of halogens is 5. The molecule has 0 aromatic heterocycles. The molecule has 0 saturated heterocycles. The van der Waals surface area contributed by atoms with Crippen LogP contribution in [0.1, 0.15) is 11.1 Å². The van der Waals surface area contributed by atoms with E-state index in [1.807, 2.05) is 12.1 Å². The summed E-state index contributed by atoms with van der Waals surface area (Å²) in [6.07, 6.45) is -3.50. The van der Waals surface area contributed by atoms with Crippen LogP contribution >= 0.6 is 27.5 Å². The molecule has 5 heteroatoms. The molecule has 0 heterocycles. The van der Waals surface area contributed by atoms with Crippen LogP contribution in [0.15, 0.2) is 42.5 Å². The second-order valence-electron chi connectivity index (χ2n) is 4.32. The van der Waals surface area contributed by atoms with Crippen molar-refractivity contribution in [2.75, 3.05) is 5.33 Å². The van der Waals surface area contributed by atoms with Crippen molar-refractivity contribution >= 4 is 27.5 Å². The fourth-order valence-electron chi connectivity index (χ4n) is 1.88. The minimum Gasteiger partial charge on any atom is -0.166 e. The fraction of sp³-hybridized carbons (Fsp3) is 0.200. The van der Waals surface area contributed by atoms with Crippen LogP contribution < -0.4 is 0 Å². The molecule has 20 heavy (non-hydrogen) atoms. The van der Waals surface area contributed by atoms with E-state index in [4.69, 9.17) is 11.6 Å². The summed E-state index contributed by atoms with van der Waals surface area (Å²) in [4.78, 5) is 0. The van der Waals surface area contributed by atoms with Gasteiger partial charge in [0, 0.05) is 10.4 Å². The van der Waals surface area contributed by atoms with E-state index in [-0.39, 0.29) is 0 Å². The van der Waals surface area contributed by atoms with Crippen molar-refractivity contribution in [1.82, 2.24) is 0 Å². The normalized spacial score (nSPS) is 11.7. The summed E-state index contributed by atoms with van der Waals surface area (Å²) in [6, 6.07) is 10.6. The summed E-state index contributed by atoms with van der Waals surface area (Å²) < 4.78 is 37.5. The van der Waals surface area contributed by atoms with Gasteiger partial charge in [-0.1, -0.05) is 51.8 Å². The summed E-state index contributed by atoms with van der Waals surface area (Å²) in [5.41, 5.74) is 1.88. The Kier molecular flexibility index (Phi) is 4.76. The second kappa shape index (κ2) is 6.19. The van der Waals surface area contributed by atoms with Gasteiger partial charge in [0.05, 0.1) is 5.56 Å². The minimum absolute atomic E-state index is 0.627. The third kappa shape index (κ3) is 3.55. The van der Waals surface area contributed by atoms with Gasteiger partial charge in [0.25, 0.3) is 0 Å². The van der Waals surface area contributed by atoms with Crippen LogP contribution in [-0.4, -0.2) is 5.33 Å². The molecule has 2 aromatic rings. The SMILES string of the molecule is FC(F)(F)c1ccc(-c2ccc(CCBr)c(Cl)c2)cc1. The molecule has 106 valence electrons. The van der Waals surface area contributed by atoms with Crippen LogP contribution in [0.2, 0.25) is 5.02 Å². The first-order valence-corrected chi connectivity index (χ1v) is 7.44. The highest BCUT2D eigenvalue weighted by Crippen LogP contribution is 2.32. The predicted octanol–water partition coefficient (Wildman–Crippen LogP) is 5.96. The molecule has 0 spiro atoms. The summed E-state index contributed by atoms with van der Waals surface area (Å²) >= 11 is 9.51. The van der Waals surface area contributed by atoms with Crippen LogP contribution in [0.5, 0.6) is 0 Å². The van der Waals surface area contributed by atoms with Crippen molar-refractivity contribution < 1.29 is 13.2 Å². The maximum absolute atomic E-state index is 12.5. The van der Waals surface area contributed by atoms with Gasteiger partial charge in [0.15, 0.2) is 0 Å². The average Bonchev–Trinajstić information content (AvgIpc) is 2.40. The van der Waals surface area contributed by atoms with Crippen molar-refractivity contribution in [3.8, 4) is 11.1 Å². The Bertz CT molecular complexity index is 591. The van der Waals surface area contributed by atoms with Gasteiger partial charge in [0.1, 0.15) is 0 Å². The van der Waals surface area contributed by atoms with Crippen LogP contribution in [0.4, 0.5) is 13.2 Å². The molecule has 0 unspecified atom stereocenters. The van der Waals surface area contributed by atoms with Gasteiger partial charge in [-0.25, -0.2) is 0 Å². The lowest BCUT2D eigenvalue weighted by Crippen LogP contribution is -2.03. The summed E-state index contributed by atoms with van der Waals surface area (Å²) in [6.45, 7) is 0. The van der Waals surface area contributed by atoms with E-state index in [0.29, 0.717) is 10.6 Å². The molecule has 0 aliphatic heterocycles. The lowest BCUT2D eigenvalue weighted by atomic mass is 10.0. The number of alkyl halides is 4. The first-order chi connectivity index (χ1) is 9.41. The molecular formula is C15H11BrClF3. The van der Waals surface area contributed by atoms with E-state index in [9.17, 15) is 13.2 Å². The van der Waals surface area contributed by atoms with Gasteiger partial charge in [-0.3, -0.25) is 0 Å². The van der Waals surface area contributed by atoms with Crippen molar-refractivity contribution in [2.24, 2.45) is 0 Å². The standard InChI is InChI=1S/C15H11BrClF3/c16-8-7-11-1-2-12(9-14(11)17)10-3-5-13(6-4-10)15(18,19)20/h1-6,9H,7-8H2. The van der Waals surface area contributed by atoms with Crippen LogP contribution in [0.25, 0.3) is 11.1 Å². The van der Waals surface area contributed by atoms with E-state index in [1.54, 1.807) is 6.07 Å². The Morgan fingerprint density at radius 3 is 2.05 bits per heavy atom. The monoisotopic (exact) mass is 362 g/mol. The highest BCUT2D eigenvalue weighted by atomic mass is 79.9. The molecule has 2 aromatic carbocycles. The van der Waals surface area contributed by atoms with Crippen LogP contribution in [0.3, 0.4) is 0 Å². The Labute approximate surface area is 128 Å². The Hall–Kier alpha value is -1.00. The highest BCUT2D eigenvalue weighted by Gasteiger charge is 2.29. The minimum atomic E-state index is -4.31. The molecule has 0 nitrogen and oxygen atoms in total. The van der Waals surface area contributed by atoms with E-state index in [2.05, 4.69) is 15.9 Å². The van der Waals surface area contributed by atoms with Crippen molar-refractivity contribution in [1.29, 1.82) is 0 Å². The number of hydrogen-bond acceptors (Lipinski definition) is 0. The number of hydrogen-bond donors (Lipinski definition) is 0. The molecule has 0 aliphatic rings. The second-order valence-corrected chi connectivity index (χ2v) is 5.52. The van der Waals surface area contributed by atoms with Gasteiger partial charge in [0.2, 0.25) is 0 Å². The lowest BCUT2D eigenvalue weighted by Gasteiger charge is -2.09. The number of benzene rings is 2. The van der Waals surface area contributed by atoms with E-state index >= 15 is 0 Å². The zero-order valence-electron chi connectivity index (χ0n) is 10.3. The molecule has 2 rings (SSSR count). The fourth-order valence-corrected chi connectivity index (χ4v) is 2.59. The molecule has 0 atom stereocenters. The van der Waals surface area contributed by atoms with Gasteiger partial charge >= 0.3 is 6.18 Å². The van der Waals surface area contributed by atoms with Gasteiger partial charge < -0.3 is 0 Å². The Morgan fingerprint density at radius 1 is 0.950 bits per heavy atom. The molecule has 0 radical (unpaired) electrons. The topological polar surface area (TPSA) is 0 Å². The zero-order valence-corrected chi connectivity index (χ0v) is 12.7. The Morgan fingerprint density at radius 2 is 1.55 bits per heavy atom. The third-order valence-electron chi connectivity index (χ3n) is 2.96. The predicted molar refractivity (Wildman–Crippen MR) is 79.4 cm³/mol. The molecule has 0 amide bonds. The van der Waals surface area contributed by atoms with Crippen molar-refractivity contribution in [2.45, 2.75) is 12.6 Å². The largest absolute Gasteiger partial charge is 0.416 e. The van der Waals surface area contributed by atoms with Gasteiger partial charge in [-0.2, -0.15) is 13.2 Å². The molecular weight excluding hydrogens is 353 g/mol. The van der Waals surface area contributed by atoms with E-state index < -0.39 is 11.7 Å². The first kappa shape index (κ1) is 15.4. The molecule has 0 aliphatic carbocycles. The van der Waals surface area contributed by atoms with E-state index in [1.165, 1.54) is 12.1 Å². The van der Waals surface area contributed by atoms with Gasteiger partial charge in [-0.15, -0.1) is 0 Å². The molecule has 0 bridgehead atoms. The number of rotatable bonds is 3.